The molecule has 0 amide bonds. The number of hydrogen-bond donors (Lipinski definition) is 0. The van der Waals surface area contributed by atoms with Crippen molar-refractivity contribution in [3.63, 3.8) is 0 Å². The van der Waals surface area contributed by atoms with Crippen molar-refractivity contribution < 1.29 is 0 Å². The summed E-state index contributed by atoms with van der Waals surface area (Å²) in [5, 5.41) is 0. The van der Waals surface area contributed by atoms with E-state index in [0.29, 0.717) is 0 Å². The molecule has 0 nitrogen and oxygen atoms in total. The number of hydrogen-bond acceptors (Lipinski definition) is 0. The van der Waals surface area contributed by atoms with Gasteiger partial charge in [0.2, 0.25) is 0 Å². The van der Waals surface area contributed by atoms with Crippen molar-refractivity contribution in [2.45, 2.75) is 13.8 Å². The molecule has 0 saturated heterocycles. The molecule has 0 fully saturated rings. The fourth-order valence-electron chi connectivity index (χ4n) is 0.933. The fraction of sp³-hybridized carbons (Fsp3) is 0.167. The van der Waals surface area contributed by atoms with Crippen LogP contribution in [0.25, 0.3) is 0 Å². The molecule has 0 aliphatic heterocycles. The van der Waals surface area contributed by atoms with E-state index in [1.807, 2.05) is 38.2 Å². The highest BCUT2D eigenvalue weighted by atomic mass is 14.0. The molecular weight excluding hydrogens is 144 g/mol. The SMILES string of the molecule is C=C\C=C/C(=C\C)C(/C=C)=C/C. The highest BCUT2D eigenvalue weighted by Crippen LogP contribution is 2.12. The van der Waals surface area contributed by atoms with E-state index in [2.05, 4.69) is 19.2 Å². The number of rotatable bonds is 4. The lowest BCUT2D eigenvalue weighted by atomic mass is 10.1. The average molecular weight is 160 g/mol. The van der Waals surface area contributed by atoms with Crippen LogP contribution in [0.15, 0.2) is 60.8 Å². The second-order valence-corrected chi connectivity index (χ2v) is 2.29. The Kier molecular flexibility index (Phi) is 5.72. The van der Waals surface area contributed by atoms with Crippen molar-refractivity contribution in [3.8, 4) is 0 Å². The largest absolute Gasteiger partial charge is 0.0991 e. The molecule has 0 unspecified atom stereocenters. The summed E-state index contributed by atoms with van der Waals surface area (Å²) in [5.74, 6) is 0. The third-order valence-electron chi connectivity index (χ3n) is 1.59. The summed E-state index contributed by atoms with van der Waals surface area (Å²) in [7, 11) is 0. The molecule has 0 aromatic rings. The first kappa shape index (κ1) is 10.7. The van der Waals surface area contributed by atoms with E-state index in [4.69, 9.17) is 0 Å². The number of allylic oxidation sites excluding steroid dienone is 8. The second kappa shape index (κ2) is 6.41. The maximum Gasteiger partial charge on any atom is -0.0230 e. The smallest absolute Gasteiger partial charge is 0.0230 e. The van der Waals surface area contributed by atoms with Crippen molar-refractivity contribution in [2.24, 2.45) is 0 Å². The van der Waals surface area contributed by atoms with Gasteiger partial charge in [-0.05, 0) is 25.0 Å². The van der Waals surface area contributed by atoms with E-state index >= 15 is 0 Å². The first-order chi connectivity index (χ1) is 5.79. The molecule has 0 aromatic carbocycles. The summed E-state index contributed by atoms with van der Waals surface area (Å²) in [4.78, 5) is 0. The minimum absolute atomic E-state index is 1.15. The predicted octanol–water partition coefficient (Wildman–Crippen LogP) is 3.81. The van der Waals surface area contributed by atoms with Crippen LogP contribution in [0.5, 0.6) is 0 Å². The van der Waals surface area contributed by atoms with Gasteiger partial charge in [-0.3, -0.25) is 0 Å². The van der Waals surface area contributed by atoms with Gasteiger partial charge >= 0.3 is 0 Å². The van der Waals surface area contributed by atoms with Gasteiger partial charge in [0, 0.05) is 0 Å². The Balaban J connectivity index is 4.68. The van der Waals surface area contributed by atoms with Gasteiger partial charge in [0.15, 0.2) is 0 Å². The summed E-state index contributed by atoms with van der Waals surface area (Å²) in [6.07, 6.45) is 11.6. The lowest BCUT2D eigenvalue weighted by Crippen LogP contribution is -1.80. The van der Waals surface area contributed by atoms with E-state index < -0.39 is 0 Å². The molecule has 0 spiro atoms. The molecule has 0 aliphatic rings. The zero-order chi connectivity index (χ0) is 9.40. The second-order valence-electron chi connectivity index (χ2n) is 2.29. The molecule has 12 heavy (non-hydrogen) atoms. The lowest BCUT2D eigenvalue weighted by Gasteiger charge is -2.00. The van der Waals surface area contributed by atoms with Crippen molar-refractivity contribution >= 4 is 0 Å². The van der Waals surface area contributed by atoms with E-state index in [0.717, 1.165) is 5.57 Å². The molecule has 0 bridgehead atoms. The van der Waals surface area contributed by atoms with Crippen LogP contribution in [0.1, 0.15) is 13.8 Å². The van der Waals surface area contributed by atoms with E-state index in [9.17, 15) is 0 Å². The zero-order valence-electron chi connectivity index (χ0n) is 7.88. The van der Waals surface area contributed by atoms with Gasteiger partial charge < -0.3 is 0 Å². The maximum absolute atomic E-state index is 3.74. The van der Waals surface area contributed by atoms with Gasteiger partial charge in [0.1, 0.15) is 0 Å². The normalized spacial score (nSPS) is 13.5. The summed E-state index contributed by atoms with van der Waals surface area (Å²) in [6.45, 7) is 11.4. The Morgan fingerprint density at radius 2 is 1.58 bits per heavy atom. The van der Waals surface area contributed by atoms with E-state index in [1.54, 1.807) is 6.08 Å². The van der Waals surface area contributed by atoms with E-state index in [1.165, 1.54) is 5.57 Å². The molecule has 0 atom stereocenters. The van der Waals surface area contributed by atoms with Gasteiger partial charge in [-0.1, -0.05) is 49.6 Å². The zero-order valence-corrected chi connectivity index (χ0v) is 7.88. The monoisotopic (exact) mass is 160 g/mol. The molecule has 0 saturated carbocycles. The molecule has 64 valence electrons. The summed E-state index contributed by atoms with van der Waals surface area (Å²) in [5.41, 5.74) is 2.32. The summed E-state index contributed by atoms with van der Waals surface area (Å²) in [6, 6.07) is 0. The Labute approximate surface area is 75.3 Å². The Morgan fingerprint density at radius 3 is 1.92 bits per heavy atom. The molecule has 0 aliphatic carbocycles. The first-order valence-electron chi connectivity index (χ1n) is 4.04. The molecule has 0 N–H and O–H groups in total. The van der Waals surface area contributed by atoms with Crippen LogP contribution in [0, 0.1) is 0 Å². The third kappa shape index (κ3) is 3.20. The third-order valence-corrected chi connectivity index (χ3v) is 1.59. The molecule has 0 radical (unpaired) electrons. The van der Waals surface area contributed by atoms with Crippen molar-refractivity contribution in [1.82, 2.24) is 0 Å². The standard InChI is InChI=1S/C12H16/c1-5-9-10-12(8-4)11(6-2)7-3/h5-10H,1-2H2,3-4H3/b10-9-,11-7+,12-8+. The van der Waals surface area contributed by atoms with Gasteiger partial charge in [0.25, 0.3) is 0 Å². The van der Waals surface area contributed by atoms with Crippen LogP contribution in [0.2, 0.25) is 0 Å². The minimum Gasteiger partial charge on any atom is -0.0991 e. The van der Waals surface area contributed by atoms with Gasteiger partial charge in [-0.2, -0.15) is 0 Å². The average Bonchev–Trinajstić information content (AvgIpc) is 2.12. The van der Waals surface area contributed by atoms with Gasteiger partial charge in [-0.15, -0.1) is 0 Å². The van der Waals surface area contributed by atoms with Crippen LogP contribution in [-0.4, -0.2) is 0 Å². The fourth-order valence-corrected chi connectivity index (χ4v) is 0.933. The van der Waals surface area contributed by atoms with Crippen LogP contribution < -0.4 is 0 Å². The van der Waals surface area contributed by atoms with Crippen LogP contribution in [0.3, 0.4) is 0 Å². The Morgan fingerprint density at radius 1 is 1.00 bits per heavy atom. The summed E-state index contributed by atoms with van der Waals surface area (Å²) >= 11 is 0. The molecule has 0 heterocycles. The quantitative estimate of drug-likeness (QED) is 0.549. The molecular formula is C12H16. The molecule has 0 aromatic heterocycles. The van der Waals surface area contributed by atoms with E-state index in [-0.39, 0.29) is 0 Å². The lowest BCUT2D eigenvalue weighted by molar-refractivity contribution is 1.47. The Hall–Kier alpha value is -1.30. The van der Waals surface area contributed by atoms with Crippen LogP contribution in [0.4, 0.5) is 0 Å². The Bertz CT molecular complexity index is 237. The van der Waals surface area contributed by atoms with Gasteiger partial charge in [-0.25, -0.2) is 0 Å². The topological polar surface area (TPSA) is 0 Å². The first-order valence-corrected chi connectivity index (χ1v) is 4.04. The predicted molar refractivity (Wildman–Crippen MR) is 57.0 cm³/mol. The highest BCUT2D eigenvalue weighted by Gasteiger charge is 1.92. The maximum atomic E-state index is 3.74. The van der Waals surface area contributed by atoms with Crippen LogP contribution in [-0.2, 0) is 0 Å². The van der Waals surface area contributed by atoms with Crippen molar-refractivity contribution in [3.05, 3.63) is 60.8 Å². The summed E-state index contributed by atoms with van der Waals surface area (Å²) < 4.78 is 0. The minimum atomic E-state index is 1.15. The van der Waals surface area contributed by atoms with Crippen molar-refractivity contribution in [1.29, 1.82) is 0 Å². The van der Waals surface area contributed by atoms with Gasteiger partial charge in [0.05, 0.1) is 0 Å². The van der Waals surface area contributed by atoms with Crippen molar-refractivity contribution in [2.75, 3.05) is 0 Å². The molecule has 0 rings (SSSR count). The van der Waals surface area contributed by atoms with Crippen LogP contribution >= 0.6 is 0 Å². The highest BCUT2D eigenvalue weighted by molar-refractivity contribution is 5.45. The molecule has 0 heteroatoms.